The Morgan fingerprint density at radius 1 is 1.43 bits per heavy atom. The fourth-order valence-corrected chi connectivity index (χ4v) is 3.02. The van der Waals surface area contributed by atoms with Gasteiger partial charge in [-0.2, -0.15) is 0 Å². The second-order valence-corrected chi connectivity index (χ2v) is 6.24. The van der Waals surface area contributed by atoms with Crippen LogP contribution in [0.25, 0.3) is 0 Å². The fourth-order valence-electron chi connectivity index (χ4n) is 3.02. The molecule has 1 amide bonds. The Balaban J connectivity index is 1.71. The van der Waals surface area contributed by atoms with Crippen molar-refractivity contribution in [2.75, 3.05) is 20.6 Å². The van der Waals surface area contributed by atoms with Crippen molar-refractivity contribution in [3.63, 3.8) is 0 Å². The van der Waals surface area contributed by atoms with Crippen LogP contribution < -0.4 is 10.6 Å². The van der Waals surface area contributed by atoms with Gasteiger partial charge in [0.15, 0.2) is 5.96 Å². The van der Waals surface area contributed by atoms with Crippen molar-refractivity contribution in [1.82, 2.24) is 20.1 Å². The first-order valence-corrected chi connectivity index (χ1v) is 8.41. The lowest BCUT2D eigenvalue weighted by molar-refractivity contribution is -0.121. The molecule has 128 valence electrons. The Bertz CT molecular complexity index is 531. The van der Waals surface area contributed by atoms with E-state index in [9.17, 15) is 4.79 Å². The van der Waals surface area contributed by atoms with Gasteiger partial charge in [0.05, 0.1) is 6.54 Å². The van der Waals surface area contributed by atoms with E-state index in [-0.39, 0.29) is 5.91 Å². The van der Waals surface area contributed by atoms with E-state index in [1.807, 2.05) is 26.4 Å². The van der Waals surface area contributed by atoms with Crippen molar-refractivity contribution in [3.05, 3.63) is 24.0 Å². The lowest BCUT2D eigenvalue weighted by Gasteiger charge is -2.22. The molecule has 0 unspecified atom stereocenters. The van der Waals surface area contributed by atoms with Gasteiger partial charge in [-0.15, -0.1) is 0 Å². The molecule has 23 heavy (non-hydrogen) atoms. The van der Waals surface area contributed by atoms with E-state index in [2.05, 4.69) is 31.2 Å². The number of nitrogens with one attached hydrogen (secondary N) is 2. The second kappa shape index (κ2) is 8.60. The molecule has 0 saturated heterocycles. The molecule has 0 spiro atoms. The molecule has 1 fully saturated rings. The number of aliphatic imine (C=N–C) groups is 1. The third-order valence-electron chi connectivity index (χ3n) is 4.38. The topological polar surface area (TPSA) is 61.7 Å². The van der Waals surface area contributed by atoms with Crippen LogP contribution in [0, 0.1) is 0 Å². The van der Waals surface area contributed by atoms with E-state index in [4.69, 9.17) is 0 Å². The number of nitrogens with zero attached hydrogens (tertiary/aromatic N) is 3. The van der Waals surface area contributed by atoms with E-state index in [1.54, 1.807) is 7.05 Å². The summed E-state index contributed by atoms with van der Waals surface area (Å²) in [5.74, 6) is 0.935. The van der Waals surface area contributed by atoms with Crippen LogP contribution in [-0.4, -0.2) is 48.0 Å². The predicted molar refractivity (Wildman–Crippen MR) is 93.3 cm³/mol. The summed E-state index contributed by atoms with van der Waals surface area (Å²) in [6, 6.07) is 4.52. The van der Waals surface area contributed by atoms with Crippen molar-refractivity contribution in [2.45, 2.75) is 44.7 Å². The molecule has 6 nitrogen and oxygen atoms in total. The molecule has 2 N–H and O–H groups in total. The van der Waals surface area contributed by atoms with Crippen molar-refractivity contribution < 1.29 is 4.79 Å². The highest BCUT2D eigenvalue weighted by Gasteiger charge is 2.17. The van der Waals surface area contributed by atoms with Crippen LogP contribution in [0.1, 0.15) is 37.8 Å². The maximum absolute atomic E-state index is 11.9. The van der Waals surface area contributed by atoms with Gasteiger partial charge in [0, 0.05) is 52.0 Å². The van der Waals surface area contributed by atoms with Gasteiger partial charge in [-0.1, -0.05) is 12.8 Å². The maximum atomic E-state index is 11.9. The number of hydrogen-bond donors (Lipinski definition) is 2. The van der Waals surface area contributed by atoms with Gasteiger partial charge in [-0.3, -0.25) is 9.79 Å². The normalized spacial score (nSPS) is 15.7. The predicted octanol–water partition coefficient (Wildman–Crippen LogP) is 1.48. The van der Waals surface area contributed by atoms with E-state index < -0.39 is 0 Å². The number of carbonyl (C=O) groups excluding carboxylic acids is 1. The number of guanidine groups is 1. The molecule has 1 heterocycles. The molecule has 6 heteroatoms. The van der Waals surface area contributed by atoms with Crippen LogP contribution in [0.2, 0.25) is 0 Å². The van der Waals surface area contributed by atoms with Crippen LogP contribution in [0.5, 0.6) is 0 Å². The number of amides is 1. The summed E-state index contributed by atoms with van der Waals surface area (Å²) in [4.78, 5) is 18.3. The van der Waals surface area contributed by atoms with Crippen LogP contribution >= 0.6 is 0 Å². The maximum Gasteiger partial charge on any atom is 0.221 e. The van der Waals surface area contributed by atoms with Crippen LogP contribution in [-0.2, 0) is 18.4 Å². The lowest BCUT2D eigenvalue weighted by atomic mass is 10.2. The Morgan fingerprint density at radius 3 is 2.78 bits per heavy atom. The van der Waals surface area contributed by atoms with Crippen molar-refractivity contribution in [2.24, 2.45) is 12.0 Å². The number of aromatic nitrogens is 1. The molecule has 0 aromatic carbocycles. The van der Waals surface area contributed by atoms with Gasteiger partial charge in [0.25, 0.3) is 0 Å². The molecule has 1 aliphatic rings. The van der Waals surface area contributed by atoms with Crippen molar-refractivity contribution >= 4 is 11.9 Å². The minimum Gasteiger partial charge on any atom is -0.356 e. The van der Waals surface area contributed by atoms with E-state index in [0.29, 0.717) is 19.0 Å². The molecular weight excluding hydrogens is 290 g/mol. The standard InChI is InChI=1S/C17H29N5O/c1-18-17(22(3)13-15-9-6-12-21(15)2)19-11-10-16(23)20-14-7-4-5-8-14/h6,9,12,14H,4-5,7-8,10-11,13H2,1-3H3,(H,18,19)(H,20,23). The average molecular weight is 319 g/mol. The zero-order valence-corrected chi connectivity index (χ0v) is 14.5. The molecule has 0 radical (unpaired) electrons. The molecule has 0 bridgehead atoms. The van der Waals surface area contributed by atoms with Crippen molar-refractivity contribution in [1.29, 1.82) is 0 Å². The zero-order chi connectivity index (χ0) is 16.7. The van der Waals surface area contributed by atoms with Crippen LogP contribution in [0.3, 0.4) is 0 Å². The molecular formula is C17H29N5O. The fraction of sp³-hybridized carbons (Fsp3) is 0.647. The quantitative estimate of drug-likeness (QED) is 0.617. The van der Waals surface area contributed by atoms with Gasteiger partial charge in [-0.05, 0) is 25.0 Å². The van der Waals surface area contributed by atoms with Crippen LogP contribution in [0.15, 0.2) is 23.3 Å². The molecule has 0 aliphatic heterocycles. The minimum atomic E-state index is 0.130. The Morgan fingerprint density at radius 2 is 2.17 bits per heavy atom. The Hall–Kier alpha value is -1.98. The first-order valence-electron chi connectivity index (χ1n) is 8.41. The van der Waals surface area contributed by atoms with Gasteiger partial charge >= 0.3 is 0 Å². The summed E-state index contributed by atoms with van der Waals surface area (Å²) in [7, 11) is 5.80. The molecule has 1 aromatic rings. The van der Waals surface area contributed by atoms with Gasteiger partial charge in [0.2, 0.25) is 5.91 Å². The van der Waals surface area contributed by atoms with Gasteiger partial charge in [0.1, 0.15) is 0 Å². The summed E-state index contributed by atoms with van der Waals surface area (Å²) in [6.45, 7) is 1.38. The number of hydrogen-bond acceptors (Lipinski definition) is 2. The minimum absolute atomic E-state index is 0.130. The zero-order valence-electron chi connectivity index (χ0n) is 14.5. The summed E-state index contributed by atoms with van der Waals surface area (Å²) in [5.41, 5.74) is 1.22. The van der Waals surface area contributed by atoms with Gasteiger partial charge < -0.3 is 20.1 Å². The number of rotatable bonds is 6. The third-order valence-corrected chi connectivity index (χ3v) is 4.38. The lowest BCUT2D eigenvalue weighted by Crippen LogP contribution is -2.41. The Kier molecular flexibility index (Phi) is 6.50. The monoisotopic (exact) mass is 319 g/mol. The second-order valence-electron chi connectivity index (χ2n) is 6.24. The smallest absolute Gasteiger partial charge is 0.221 e. The summed E-state index contributed by atoms with van der Waals surface area (Å²) in [5, 5.41) is 6.37. The number of carbonyl (C=O) groups is 1. The van der Waals surface area contributed by atoms with Gasteiger partial charge in [-0.25, -0.2) is 0 Å². The highest BCUT2D eigenvalue weighted by molar-refractivity contribution is 5.81. The highest BCUT2D eigenvalue weighted by atomic mass is 16.1. The van der Waals surface area contributed by atoms with E-state index in [0.717, 1.165) is 25.3 Å². The summed E-state index contributed by atoms with van der Waals surface area (Å²) >= 11 is 0. The first kappa shape index (κ1) is 17.4. The number of aryl methyl sites for hydroxylation is 1. The molecule has 1 aliphatic carbocycles. The van der Waals surface area contributed by atoms with Crippen LogP contribution in [0.4, 0.5) is 0 Å². The average Bonchev–Trinajstić information content (AvgIpc) is 3.16. The third kappa shape index (κ3) is 5.30. The molecule has 1 saturated carbocycles. The largest absolute Gasteiger partial charge is 0.356 e. The summed E-state index contributed by atoms with van der Waals surface area (Å²) in [6.07, 6.45) is 7.24. The van der Waals surface area contributed by atoms with E-state index in [1.165, 1.54) is 18.5 Å². The molecule has 1 aromatic heterocycles. The molecule has 2 rings (SSSR count). The Labute approximate surface area is 139 Å². The van der Waals surface area contributed by atoms with Crippen molar-refractivity contribution in [3.8, 4) is 0 Å². The first-order chi connectivity index (χ1) is 11.1. The van der Waals surface area contributed by atoms with E-state index >= 15 is 0 Å². The highest BCUT2D eigenvalue weighted by Crippen LogP contribution is 2.17. The molecule has 0 atom stereocenters. The SMILES string of the molecule is CN=C(NCCC(=O)NC1CCCC1)N(C)Cc1cccn1C. The summed E-state index contributed by atoms with van der Waals surface area (Å²) < 4.78 is 2.10.